The number of H-pyrrole nitrogens is 2. The average Bonchev–Trinajstić information content (AvgIpc) is 2.45. The molecule has 0 saturated heterocycles. The first kappa shape index (κ1) is 12.5. The topological polar surface area (TPSA) is 98.8 Å². The molecule has 1 aromatic heterocycles. The second-order valence-corrected chi connectivity index (χ2v) is 5.07. The number of aromatic amines is 2. The highest BCUT2D eigenvalue weighted by Crippen LogP contribution is 2.34. The fourth-order valence-electron chi connectivity index (χ4n) is 1.85. The standard InChI is InChI=1S/C13H9N3O3S/c17-9-5-6-10(8-4-2-1-3-7(8)9)20-12-11(18)14-13(19)16-15-12/h1-6,17H,(H2,14,16,18,19). The van der Waals surface area contributed by atoms with Crippen LogP contribution in [-0.4, -0.2) is 20.3 Å². The lowest BCUT2D eigenvalue weighted by molar-refractivity contribution is 0.481. The maximum Gasteiger partial charge on any atom is 0.342 e. The summed E-state index contributed by atoms with van der Waals surface area (Å²) in [6.45, 7) is 0. The normalized spacial score (nSPS) is 10.8. The minimum Gasteiger partial charge on any atom is -0.507 e. The van der Waals surface area contributed by atoms with Crippen molar-refractivity contribution in [2.75, 3.05) is 0 Å². The first-order chi connectivity index (χ1) is 9.65. The van der Waals surface area contributed by atoms with Gasteiger partial charge in [-0.05, 0) is 17.5 Å². The van der Waals surface area contributed by atoms with E-state index in [-0.39, 0.29) is 10.8 Å². The molecule has 0 amide bonds. The number of aromatic hydroxyl groups is 1. The molecule has 1 heterocycles. The molecule has 0 atom stereocenters. The van der Waals surface area contributed by atoms with Gasteiger partial charge in [-0.3, -0.25) is 9.78 Å². The Bertz CT molecular complexity index is 901. The van der Waals surface area contributed by atoms with E-state index in [0.29, 0.717) is 5.39 Å². The van der Waals surface area contributed by atoms with Crippen LogP contribution < -0.4 is 11.2 Å². The lowest BCUT2D eigenvalue weighted by Crippen LogP contribution is -2.24. The van der Waals surface area contributed by atoms with Crippen LogP contribution in [0.4, 0.5) is 0 Å². The Hall–Kier alpha value is -2.54. The van der Waals surface area contributed by atoms with E-state index in [1.54, 1.807) is 18.2 Å². The molecule has 0 fully saturated rings. The minimum atomic E-state index is -0.644. The molecule has 7 heteroatoms. The molecule has 0 unspecified atom stereocenters. The smallest absolute Gasteiger partial charge is 0.342 e. The van der Waals surface area contributed by atoms with Crippen LogP contribution in [0.2, 0.25) is 0 Å². The van der Waals surface area contributed by atoms with E-state index in [9.17, 15) is 14.7 Å². The van der Waals surface area contributed by atoms with Crippen LogP contribution in [-0.2, 0) is 0 Å². The first-order valence-electron chi connectivity index (χ1n) is 5.73. The fourth-order valence-corrected chi connectivity index (χ4v) is 2.72. The predicted octanol–water partition coefficient (Wildman–Crippen LogP) is 1.47. The van der Waals surface area contributed by atoms with Crippen LogP contribution in [0, 0.1) is 0 Å². The van der Waals surface area contributed by atoms with Crippen molar-refractivity contribution < 1.29 is 5.11 Å². The Morgan fingerprint density at radius 2 is 1.80 bits per heavy atom. The van der Waals surface area contributed by atoms with Crippen LogP contribution in [0.3, 0.4) is 0 Å². The molecule has 0 aliphatic carbocycles. The number of aromatic nitrogens is 3. The second-order valence-electron chi connectivity index (χ2n) is 4.04. The summed E-state index contributed by atoms with van der Waals surface area (Å²) in [7, 11) is 0. The molecule has 3 aromatic rings. The van der Waals surface area contributed by atoms with Crippen LogP contribution in [0.25, 0.3) is 10.8 Å². The number of rotatable bonds is 2. The Balaban J connectivity index is 2.14. The lowest BCUT2D eigenvalue weighted by Gasteiger charge is -2.06. The molecule has 0 bridgehead atoms. The maximum absolute atomic E-state index is 11.6. The fraction of sp³-hybridized carbons (Fsp3) is 0. The van der Waals surface area contributed by atoms with Gasteiger partial charge in [-0.1, -0.05) is 36.0 Å². The monoisotopic (exact) mass is 287 g/mol. The Morgan fingerprint density at radius 3 is 2.55 bits per heavy atom. The summed E-state index contributed by atoms with van der Waals surface area (Å²) >= 11 is 1.12. The molecular formula is C13H9N3O3S. The largest absolute Gasteiger partial charge is 0.507 e. The van der Waals surface area contributed by atoms with Gasteiger partial charge in [0.05, 0.1) is 0 Å². The average molecular weight is 287 g/mol. The zero-order valence-electron chi connectivity index (χ0n) is 10.1. The molecule has 0 aliphatic heterocycles. The van der Waals surface area contributed by atoms with Gasteiger partial charge in [0.15, 0.2) is 5.03 Å². The third-order valence-electron chi connectivity index (χ3n) is 2.75. The number of phenolic OH excluding ortho intramolecular Hbond substituents is 1. The number of benzene rings is 2. The summed E-state index contributed by atoms with van der Waals surface area (Å²) in [6, 6.07) is 10.6. The van der Waals surface area contributed by atoms with Crippen molar-refractivity contribution in [3.63, 3.8) is 0 Å². The SMILES string of the molecule is O=c1[nH]nc(Sc2ccc(O)c3ccccc23)c(=O)[nH]1. The molecule has 3 N–H and O–H groups in total. The summed E-state index contributed by atoms with van der Waals surface area (Å²) in [5.41, 5.74) is -1.19. The summed E-state index contributed by atoms with van der Waals surface area (Å²) in [5.74, 6) is 0.174. The molecule has 0 aliphatic rings. The van der Waals surface area contributed by atoms with Crippen molar-refractivity contribution in [2.24, 2.45) is 0 Å². The molecule has 0 radical (unpaired) electrons. The molecule has 2 aromatic carbocycles. The Labute approximate surface area is 116 Å². The zero-order valence-corrected chi connectivity index (χ0v) is 10.9. The molecule has 6 nitrogen and oxygen atoms in total. The molecule has 100 valence electrons. The van der Waals surface area contributed by atoms with Gasteiger partial charge in [-0.2, -0.15) is 5.10 Å². The van der Waals surface area contributed by atoms with Crippen LogP contribution in [0.15, 0.2) is 55.9 Å². The van der Waals surface area contributed by atoms with Crippen molar-refractivity contribution in [1.82, 2.24) is 15.2 Å². The summed E-state index contributed by atoms with van der Waals surface area (Å²) in [6.07, 6.45) is 0. The maximum atomic E-state index is 11.6. The second kappa shape index (κ2) is 4.86. The molecule has 3 rings (SSSR count). The van der Waals surface area contributed by atoms with E-state index in [1.807, 2.05) is 18.2 Å². The number of nitrogens with one attached hydrogen (secondary N) is 2. The van der Waals surface area contributed by atoms with E-state index >= 15 is 0 Å². The van der Waals surface area contributed by atoms with Crippen LogP contribution >= 0.6 is 11.8 Å². The van der Waals surface area contributed by atoms with Gasteiger partial charge in [0.1, 0.15) is 5.75 Å². The minimum absolute atomic E-state index is 0.139. The summed E-state index contributed by atoms with van der Waals surface area (Å²) in [4.78, 5) is 25.5. The number of hydrogen-bond donors (Lipinski definition) is 3. The van der Waals surface area contributed by atoms with Gasteiger partial charge in [-0.25, -0.2) is 9.89 Å². The highest BCUT2D eigenvalue weighted by molar-refractivity contribution is 7.99. The van der Waals surface area contributed by atoms with Crippen molar-refractivity contribution in [3.8, 4) is 5.75 Å². The highest BCUT2D eigenvalue weighted by atomic mass is 32.2. The van der Waals surface area contributed by atoms with Gasteiger partial charge in [0.2, 0.25) is 0 Å². The van der Waals surface area contributed by atoms with Crippen LogP contribution in [0.5, 0.6) is 5.75 Å². The van der Waals surface area contributed by atoms with Crippen molar-refractivity contribution in [3.05, 3.63) is 57.2 Å². The molecule has 20 heavy (non-hydrogen) atoms. The van der Waals surface area contributed by atoms with Gasteiger partial charge in [0.25, 0.3) is 5.56 Å². The van der Waals surface area contributed by atoms with Gasteiger partial charge in [-0.15, -0.1) is 0 Å². The first-order valence-corrected chi connectivity index (χ1v) is 6.54. The van der Waals surface area contributed by atoms with Crippen molar-refractivity contribution in [1.29, 1.82) is 0 Å². The highest BCUT2D eigenvalue weighted by Gasteiger charge is 2.10. The van der Waals surface area contributed by atoms with Gasteiger partial charge in [0, 0.05) is 10.3 Å². The van der Waals surface area contributed by atoms with E-state index in [1.165, 1.54) is 0 Å². The van der Waals surface area contributed by atoms with Gasteiger partial charge >= 0.3 is 5.69 Å². The van der Waals surface area contributed by atoms with Crippen molar-refractivity contribution >= 4 is 22.5 Å². The zero-order chi connectivity index (χ0) is 14.1. The van der Waals surface area contributed by atoms with E-state index in [2.05, 4.69) is 15.2 Å². The summed E-state index contributed by atoms with van der Waals surface area (Å²) < 4.78 is 0. The third kappa shape index (κ3) is 2.19. The number of nitrogens with zero attached hydrogens (tertiary/aromatic N) is 1. The molecular weight excluding hydrogens is 278 g/mol. The van der Waals surface area contributed by atoms with E-state index in [4.69, 9.17) is 0 Å². The molecule has 0 spiro atoms. The lowest BCUT2D eigenvalue weighted by atomic mass is 10.1. The quantitative estimate of drug-likeness (QED) is 0.663. The van der Waals surface area contributed by atoms with Crippen molar-refractivity contribution in [2.45, 2.75) is 9.92 Å². The van der Waals surface area contributed by atoms with E-state index < -0.39 is 11.2 Å². The van der Waals surface area contributed by atoms with Crippen LogP contribution in [0.1, 0.15) is 0 Å². The molecule has 0 saturated carbocycles. The van der Waals surface area contributed by atoms with Gasteiger partial charge < -0.3 is 5.11 Å². The predicted molar refractivity (Wildman–Crippen MR) is 75.2 cm³/mol. The number of phenols is 1. The third-order valence-corrected chi connectivity index (χ3v) is 3.79. The Kier molecular flexibility index (Phi) is 3.03. The van der Waals surface area contributed by atoms with E-state index in [0.717, 1.165) is 22.0 Å². The summed E-state index contributed by atoms with van der Waals surface area (Å²) in [5, 5.41) is 17.4. The Morgan fingerprint density at radius 1 is 1.05 bits per heavy atom. The number of fused-ring (bicyclic) bond motifs is 1. The number of hydrogen-bond acceptors (Lipinski definition) is 5.